The molecule has 3 heteroatoms. The highest BCUT2D eigenvalue weighted by Crippen LogP contribution is 2.28. The maximum atomic E-state index is 13.1. The van der Waals surface area contributed by atoms with Gasteiger partial charge in [0.2, 0.25) is 0 Å². The summed E-state index contributed by atoms with van der Waals surface area (Å²) in [5, 5.41) is 1.05. The van der Waals surface area contributed by atoms with E-state index >= 15 is 0 Å². The summed E-state index contributed by atoms with van der Waals surface area (Å²) >= 11 is 0. The van der Waals surface area contributed by atoms with Crippen molar-refractivity contribution >= 4 is 10.9 Å². The number of benzene rings is 2. The Labute approximate surface area is 123 Å². The quantitative estimate of drug-likeness (QED) is 0.773. The van der Waals surface area contributed by atoms with Gasteiger partial charge in [-0.1, -0.05) is 24.3 Å². The van der Waals surface area contributed by atoms with E-state index in [9.17, 15) is 4.39 Å². The number of nitrogens with two attached hydrogens (primary N) is 1. The monoisotopic (exact) mass is 280 g/mol. The highest BCUT2D eigenvalue weighted by molar-refractivity contribution is 5.79. The molecule has 1 atom stereocenters. The Balaban J connectivity index is 2.09. The van der Waals surface area contributed by atoms with Gasteiger partial charge in [-0.15, -0.1) is 0 Å². The van der Waals surface area contributed by atoms with E-state index in [0.717, 1.165) is 27.7 Å². The maximum Gasteiger partial charge on any atom is 0.123 e. The van der Waals surface area contributed by atoms with Crippen LogP contribution in [0.3, 0.4) is 0 Å². The minimum Gasteiger partial charge on any atom is -0.318 e. The van der Waals surface area contributed by atoms with Crippen LogP contribution in [0.15, 0.2) is 54.6 Å². The Bertz CT molecular complexity index is 792. The topological polar surface area (TPSA) is 38.9 Å². The average molecular weight is 280 g/mol. The standard InChI is InChI=1S/C18H17FN2/c1-12-3-4-13-11-15(7-10-17(13)21-12)18(2,20)14-5-8-16(19)9-6-14/h3-11H,20H2,1-2H3. The Kier molecular flexibility index (Phi) is 3.22. The van der Waals surface area contributed by atoms with E-state index in [0.29, 0.717) is 0 Å². The van der Waals surface area contributed by atoms with E-state index in [2.05, 4.69) is 4.98 Å². The van der Waals surface area contributed by atoms with Crippen molar-refractivity contribution in [2.24, 2.45) is 5.73 Å². The van der Waals surface area contributed by atoms with E-state index in [-0.39, 0.29) is 5.82 Å². The number of nitrogens with zero attached hydrogens (tertiary/aromatic N) is 1. The lowest BCUT2D eigenvalue weighted by Crippen LogP contribution is -2.34. The molecule has 2 nitrogen and oxygen atoms in total. The van der Waals surface area contributed by atoms with Crippen LogP contribution in [-0.4, -0.2) is 4.98 Å². The van der Waals surface area contributed by atoms with E-state index in [1.165, 1.54) is 12.1 Å². The summed E-state index contributed by atoms with van der Waals surface area (Å²) < 4.78 is 13.1. The molecule has 0 saturated carbocycles. The molecule has 0 spiro atoms. The molecule has 0 aliphatic heterocycles. The summed E-state index contributed by atoms with van der Waals surface area (Å²) in [7, 11) is 0. The maximum absolute atomic E-state index is 13.1. The van der Waals surface area contributed by atoms with Crippen molar-refractivity contribution in [2.45, 2.75) is 19.4 Å². The van der Waals surface area contributed by atoms with Gasteiger partial charge in [-0.05, 0) is 55.3 Å². The number of hydrogen-bond donors (Lipinski definition) is 1. The molecule has 1 aromatic heterocycles. The summed E-state index contributed by atoms with van der Waals surface area (Å²) in [5.41, 5.74) is 9.61. The SMILES string of the molecule is Cc1ccc2cc(C(C)(N)c3ccc(F)cc3)ccc2n1. The van der Waals surface area contributed by atoms with Crippen LogP contribution in [0.4, 0.5) is 4.39 Å². The van der Waals surface area contributed by atoms with Gasteiger partial charge in [0.15, 0.2) is 0 Å². The van der Waals surface area contributed by atoms with E-state index < -0.39 is 5.54 Å². The molecule has 3 aromatic rings. The van der Waals surface area contributed by atoms with Crippen molar-refractivity contribution in [1.82, 2.24) is 4.98 Å². The fourth-order valence-electron chi connectivity index (χ4n) is 2.51. The molecule has 0 fully saturated rings. The molecule has 1 unspecified atom stereocenters. The van der Waals surface area contributed by atoms with Crippen molar-refractivity contribution in [3.63, 3.8) is 0 Å². The number of aryl methyl sites for hydroxylation is 1. The van der Waals surface area contributed by atoms with Crippen molar-refractivity contribution in [3.8, 4) is 0 Å². The first-order chi connectivity index (χ1) is 9.96. The third-order valence-corrected chi connectivity index (χ3v) is 3.87. The average Bonchev–Trinajstić information content (AvgIpc) is 2.47. The first-order valence-corrected chi connectivity index (χ1v) is 6.89. The summed E-state index contributed by atoms with van der Waals surface area (Å²) in [6.07, 6.45) is 0. The zero-order chi connectivity index (χ0) is 15.0. The molecular formula is C18H17FN2. The second kappa shape index (κ2) is 4.93. The molecule has 0 saturated heterocycles. The van der Waals surface area contributed by atoms with Crippen LogP contribution in [0.25, 0.3) is 10.9 Å². The van der Waals surface area contributed by atoms with Crippen LogP contribution in [0.2, 0.25) is 0 Å². The van der Waals surface area contributed by atoms with Gasteiger partial charge in [-0.25, -0.2) is 4.39 Å². The third-order valence-electron chi connectivity index (χ3n) is 3.87. The summed E-state index contributed by atoms with van der Waals surface area (Å²) in [6.45, 7) is 3.90. The third kappa shape index (κ3) is 2.52. The lowest BCUT2D eigenvalue weighted by Gasteiger charge is -2.26. The van der Waals surface area contributed by atoms with Crippen molar-refractivity contribution in [1.29, 1.82) is 0 Å². The minimum atomic E-state index is -0.674. The van der Waals surface area contributed by atoms with Gasteiger partial charge in [0.25, 0.3) is 0 Å². The Morgan fingerprint density at radius 2 is 1.62 bits per heavy atom. The summed E-state index contributed by atoms with van der Waals surface area (Å²) in [6, 6.07) is 16.4. The molecule has 21 heavy (non-hydrogen) atoms. The van der Waals surface area contributed by atoms with Crippen molar-refractivity contribution in [3.05, 3.63) is 77.2 Å². The molecule has 106 valence electrons. The van der Waals surface area contributed by atoms with E-state index in [4.69, 9.17) is 5.73 Å². The van der Waals surface area contributed by atoms with Gasteiger partial charge in [-0.2, -0.15) is 0 Å². The zero-order valence-corrected chi connectivity index (χ0v) is 12.1. The lowest BCUT2D eigenvalue weighted by molar-refractivity contribution is 0.594. The van der Waals surface area contributed by atoms with Crippen LogP contribution in [-0.2, 0) is 5.54 Å². The smallest absolute Gasteiger partial charge is 0.123 e. The highest BCUT2D eigenvalue weighted by Gasteiger charge is 2.24. The predicted octanol–water partition coefficient (Wildman–Crippen LogP) is 3.90. The lowest BCUT2D eigenvalue weighted by atomic mass is 9.85. The van der Waals surface area contributed by atoms with Gasteiger partial charge in [0.05, 0.1) is 11.1 Å². The van der Waals surface area contributed by atoms with Crippen LogP contribution in [0, 0.1) is 12.7 Å². The molecule has 0 aliphatic rings. The Morgan fingerprint density at radius 1 is 0.952 bits per heavy atom. The molecule has 2 aromatic carbocycles. The van der Waals surface area contributed by atoms with Crippen molar-refractivity contribution < 1.29 is 4.39 Å². The molecule has 0 bridgehead atoms. The van der Waals surface area contributed by atoms with Crippen LogP contribution in [0.1, 0.15) is 23.7 Å². The Morgan fingerprint density at radius 3 is 2.33 bits per heavy atom. The second-order valence-electron chi connectivity index (χ2n) is 5.57. The largest absolute Gasteiger partial charge is 0.318 e. The minimum absolute atomic E-state index is 0.257. The number of halogens is 1. The van der Waals surface area contributed by atoms with E-state index in [1.807, 2.05) is 44.2 Å². The van der Waals surface area contributed by atoms with Gasteiger partial charge in [0, 0.05) is 11.1 Å². The first kappa shape index (κ1) is 13.7. The molecule has 1 heterocycles. The van der Waals surface area contributed by atoms with Gasteiger partial charge >= 0.3 is 0 Å². The highest BCUT2D eigenvalue weighted by atomic mass is 19.1. The summed E-state index contributed by atoms with van der Waals surface area (Å²) in [4.78, 5) is 4.49. The van der Waals surface area contributed by atoms with Crippen LogP contribution >= 0.6 is 0 Å². The number of rotatable bonds is 2. The first-order valence-electron chi connectivity index (χ1n) is 6.89. The zero-order valence-electron chi connectivity index (χ0n) is 12.1. The summed E-state index contributed by atoms with van der Waals surface area (Å²) in [5.74, 6) is -0.257. The van der Waals surface area contributed by atoms with Gasteiger partial charge < -0.3 is 5.73 Å². The normalized spacial score (nSPS) is 14.1. The molecule has 0 radical (unpaired) electrons. The molecule has 3 rings (SSSR count). The van der Waals surface area contributed by atoms with Gasteiger partial charge in [0.1, 0.15) is 5.82 Å². The fraction of sp³-hybridized carbons (Fsp3) is 0.167. The van der Waals surface area contributed by atoms with Gasteiger partial charge in [-0.3, -0.25) is 4.98 Å². The molecule has 2 N–H and O–H groups in total. The van der Waals surface area contributed by atoms with Crippen LogP contribution in [0.5, 0.6) is 0 Å². The number of aromatic nitrogens is 1. The van der Waals surface area contributed by atoms with E-state index in [1.54, 1.807) is 12.1 Å². The van der Waals surface area contributed by atoms with Crippen molar-refractivity contribution in [2.75, 3.05) is 0 Å². The molecule has 0 amide bonds. The molecular weight excluding hydrogens is 263 g/mol. The Hall–Kier alpha value is -2.26. The van der Waals surface area contributed by atoms with Crippen LogP contribution < -0.4 is 5.73 Å². The second-order valence-corrected chi connectivity index (χ2v) is 5.57. The number of pyridine rings is 1. The fourth-order valence-corrected chi connectivity index (χ4v) is 2.51. The molecule has 0 aliphatic carbocycles. The number of hydrogen-bond acceptors (Lipinski definition) is 2. The predicted molar refractivity (Wildman–Crippen MR) is 83.5 cm³/mol. The number of fused-ring (bicyclic) bond motifs is 1.